The highest BCUT2D eigenvalue weighted by atomic mass is 35.5. The van der Waals surface area contributed by atoms with Crippen LogP contribution in [0.2, 0.25) is 5.02 Å². The van der Waals surface area contributed by atoms with Gasteiger partial charge in [-0.25, -0.2) is 0 Å². The van der Waals surface area contributed by atoms with Gasteiger partial charge in [0.2, 0.25) is 0 Å². The maximum absolute atomic E-state index is 6.40. The van der Waals surface area contributed by atoms with Gasteiger partial charge in [-0.05, 0) is 47.0 Å². The molecule has 1 aliphatic carbocycles. The number of halogens is 1. The number of fused-ring (bicyclic) bond motifs is 7. The molecular weight excluding hydrogens is 374 g/mol. The molecule has 1 heterocycles. The van der Waals surface area contributed by atoms with Crippen molar-refractivity contribution in [3.05, 3.63) is 101 Å². The van der Waals surface area contributed by atoms with Gasteiger partial charge in [-0.2, -0.15) is 0 Å². The molecule has 0 saturated carbocycles. The number of nitrogens with zero attached hydrogens (tertiary/aromatic N) is 1. The third-order valence-electron chi connectivity index (χ3n) is 6.45. The maximum Gasteiger partial charge on any atom is 0.0622 e. The summed E-state index contributed by atoms with van der Waals surface area (Å²) in [5.41, 5.74) is 8.92. The Labute approximate surface area is 175 Å². The van der Waals surface area contributed by atoms with E-state index in [0.717, 1.165) is 5.02 Å². The Kier molecular flexibility index (Phi) is 3.34. The number of rotatable bonds is 1. The predicted molar refractivity (Wildman–Crippen MR) is 123 cm³/mol. The average molecular weight is 394 g/mol. The van der Waals surface area contributed by atoms with Crippen molar-refractivity contribution < 1.29 is 0 Å². The molecule has 0 bridgehead atoms. The zero-order chi connectivity index (χ0) is 19.8. The van der Waals surface area contributed by atoms with E-state index in [0.29, 0.717) is 0 Å². The van der Waals surface area contributed by atoms with Gasteiger partial charge < -0.3 is 4.57 Å². The molecule has 0 unspecified atom stereocenters. The monoisotopic (exact) mass is 393 g/mol. The Bertz CT molecular complexity index is 1420. The van der Waals surface area contributed by atoms with E-state index in [1.807, 2.05) is 6.07 Å². The predicted octanol–water partition coefficient (Wildman–Crippen LogP) is 7.74. The van der Waals surface area contributed by atoms with Crippen molar-refractivity contribution in [2.45, 2.75) is 19.3 Å². The number of hydrogen-bond donors (Lipinski definition) is 0. The van der Waals surface area contributed by atoms with Crippen LogP contribution in [0, 0.1) is 0 Å². The van der Waals surface area contributed by atoms with Gasteiger partial charge in [0.1, 0.15) is 0 Å². The molecule has 0 atom stereocenters. The summed E-state index contributed by atoms with van der Waals surface area (Å²) in [6.07, 6.45) is 0. The molecule has 5 aromatic rings. The van der Waals surface area contributed by atoms with E-state index in [-0.39, 0.29) is 5.41 Å². The van der Waals surface area contributed by atoms with Crippen molar-refractivity contribution in [2.24, 2.45) is 0 Å². The number of aromatic nitrogens is 1. The SMILES string of the molecule is CC1(C)c2cc(Cl)ccc2-c2c1ccc1c3ccccc3n(-c3ccccc3)c21. The molecule has 1 nitrogen and oxygen atoms in total. The fraction of sp³-hybridized carbons (Fsp3) is 0.111. The second-order valence-corrected chi connectivity index (χ2v) is 8.82. The smallest absolute Gasteiger partial charge is 0.0622 e. The molecule has 140 valence electrons. The third kappa shape index (κ3) is 2.17. The third-order valence-corrected chi connectivity index (χ3v) is 6.68. The van der Waals surface area contributed by atoms with E-state index in [1.54, 1.807) is 0 Å². The van der Waals surface area contributed by atoms with E-state index in [1.165, 1.54) is 49.7 Å². The first kappa shape index (κ1) is 16.9. The van der Waals surface area contributed by atoms with Crippen molar-refractivity contribution in [3.63, 3.8) is 0 Å². The van der Waals surface area contributed by atoms with Gasteiger partial charge in [0, 0.05) is 32.5 Å². The molecule has 2 heteroatoms. The summed E-state index contributed by atoms with van der Waals surface area (Å²) in [7, 11) is 0. The fourth-order valence-electron chi connectivity index (χ4n) is 5.09. The Hall–Kier alpha value is -3.03. The minimum absolute atomic E-state index is 0.0816. The molecule has 0 amide bonds. The van der Waals surface area contributed by atoms with Crippen LogP contribution in [0.3, 0.4) is 0 Å². The van der Waals surface area contributed by atoms with Crippen molar-refractivity contribution in [2.75, 3.05) is 0 Å². The molecule has 0 N–H and O–H groups in total. The Morgan fingerprint density at radius 2 is 1.48 bits per heavy atom. The first-order valence-corrected chi connectivity index (χ1v) is 10.4. The van der Waals surface area contributed by atoms with Crippen LogP contribution in [0.25, 0.3) is 38.6 Å². The molecular formula is C27H20ClN. The van der Waals surface area contributed by atoms with Crippen LogP contribution in [-0.4, -0.2) is 4.57 Å². The van der Waals surface area contributed by atoms with Crippen molar-refractivity contribution in [1.82, 2.24) is 4.57 Å². The second-order valence-electron chi connectivity index (χ2n) is 8.39. The van der Waals surface area contributed by atoms with Gasteiger partial charge in [0.25, 0.3) is 0 Å². The molecule has 6 rings (SSSR count). The van der Waals surface area contributed by atoms with Gasteiger partial charge in [0.15, 0.2) is 0 Å². The molecule has 0 fully saturated rings. The summed E-state index contributed by atoms with van der Waals surface area (Å²) in [5.74, 6) is 0. The van der Waals surface area contributed by atoms with E-state index in [4.69, 9.17) is 11.6 Å². The van der Waals surface area contributed by atoms with Gasteiger partial charge >= 0.3 is 0 Å². The first-order chi connectivity index (χ1) is 14.1. The summed E-state index contributed by atoms with van der Waals surface area (Å²) in [5, 5.41) is 3.38. The standard InChI is InChI=1S/C27H20ClN/c1-27(2)22-15-14-20-19-10-6-7-11-24(19)29(18-8-4-3-5-9-18)26(20)25(22)21-13-12-17(28)16-23(21)27/h3-16H,1-2H3. The molecule has 4 aromatic carbocycles. The number of benzene rings is 4. The normalized spacial score (nSPS) is 14.3. The highest BCUT2D eigenvalue weighted by Gasteiger charge is 2.37. The van der Waals surface area contributed by atoms with E-state index in [9.17, 15) is 0 Å². The molecule has 29 heavy (non-hydrogen) atoms. The van der Waals surface area contributed by atoms with E-state index < -0.39 is 0 Å². The van der Waals surface area contributed by atoms with Crippen LogP contribution in [0.4, 0.5) is 0 Å². The topological polar surface area (TPSA) is 4.93 Å². The zero-order valence-electron chi connectivity index (χ0n) is 16.4. The number of hydrogen-bond acceptors (Lipinski definition) is 0. The van der Waals surface area contributed by atoms with Crippen LogP contribution >= 0.6 is 11.6 Å². The molecule has 0 radical (unpaired) electrons. The lowest BCUT2D eigenvalue weighted by molar-refractivity contribution is 0.661. The van der Waals surface area contributed by atoms with Gasteiger partial charge in [0.05, 0.1) is 11.0 Å². The quantitative estimate of drug-likeness (QED) is 0.274. The maximum atomic E-state index is 6.40. The number of para-hydroxylation sites is 2. The van der Waals surface area contributed by atoms with Gasteiger partial charge in [-0.15, -0.1) is 0 Å². The Balaban J connectivity index is 1.87. The molecule has 0 saturated heterocycles. The van der Waals surface area contributed by atoms with Crippen molar-refractivity contribution in [1.29, 1.82) is 0 Å². The lowest BCUT2D eigenvalue weighted by atomic mass is 9.82. The minimum Gasteiger partial charge on any atom is -0.309 e. The van der Waals surface area contributed by atoms with Gasteiger partial charge in [-0.1, -0.05) is 80.0 Å². The van der Waals surface area contributed by atoms with Crippen molar-refractivity contribution >= 4 is 33.4 Å². The van der Waals surface area contributed by atoms with E-state index in [2.05, 4.69) is 97.3 Å². The van der Waals surface area contributed by atoms with Crippen LogP contribution in [0.5, 0.6) is 0 Å². The fourth-order valence-corrected chi connectivity index (χ4v) is 5.27. The summed E-state index contributed by atoms with van der Waals surface area (Å²) in [6.45, 7) is 4.60. The van der Waals surface area contributed by atoms with Crippen LogP contribution < -0.4 is 0 Å². The van der Waals surface area contributed by atoms with E-state index >= 15 is 0 Å². The largest absolute Gasteiger partial charge is 0.309 e. The zero-order valence-corrected chi connectivity index (χ0v) is 17.2. The van der Waals surface area contributed by atoms with Crippen LogP contribution in [0.1, 0.15) is 25.0 Å². The summed E-state index contributed by atoms with van der Waals surface area (Å²) in [6, 6.07) is 30.3. The summed E-state index contributed by atoms with van der Waals surface area (Å²) < 4.78 is 2.42. The summed E-state index contributed by atoms with van der Waals surface area (Å²) in [4.78, 5) is 0. The molecule has 0 aliphatic heterocycles. The Morgan fingerprint density at radius 1 is 0.724 bits per heavy atom. The lowest BCUT2D eigenvalue weighted by Crippen LogP contribution is -2.14. The van der Waals surface area contributed by atoms with Crippen LogP contribution in [0.15, 0.2) is 84.9 Å². The van der Waals surface area contributed by atoms with Gasteiger partial charge in [-0.3, -0.25) is 0 Å². The highest BCUT2D eigenvalue weighted by Crippen LogP contribution is 2.53. The second kappa shape index (κ2) is 5.75. The first-order valence-electron chi connectivity index (χ1n) is 10.00. The molecule has 1 aliphatic rings. The van der Waals surface area contributed by atoms with Crippen LogP contribution in [-0.2, 0) is 5.41 Å². The lowest BCUT2D eigenvalue weighted by Gasteiger charge is -2.21. The average Bonchev–Trinajstić information content (AvgIpc) is 3.19. The minimum atomic E-state index is -0.0816. The molecule has 0 spiro atoms. The highest BCUT2D eigenvalue weighted by molar-refractivity contribution is 6.31. The summed E-state index contributed by atoms with van der Waals surface area (Å²) >= 11 is 6.40. The van der Waals surface area contributed by atoms with Crippen molar-refractivity contribution in [3.8, 4) is 16.8 Å². The molecule has 1 aromatic heterocycles. The Morgan fingerprint density at radius 3 is 2.31 bits per heavy atom.